The number of halogens is 1. The first-order valence-corrected chi connectivity index (χ1v) is 9.58. The molecular formula is C23H14ClN5O. The molecule has 0 unspecified atom stereocenters. The van der Waals surface area contributed by atoms with Crippen molar-refractivity contribution in [1.29, 1.82) is 0 Å². The molecule has 3 heterocycles. The molecule has 0 saturated carbocycles. The molecule has 30 heavy (non-hydrogen) atoms. The maximum Gasteiger partial charge on any atom is 0.250 e. The van der Waals surface area contributed by atoms with E-state index in [1.54, 1.807) is 13.1 Å². The number of nitrogens with one attached hydrogen (secondary N) is 2. The van der Waals surface area contributed by atoms with Crippen molar-refractivity contribution in [3.63, 3.8) is 0 Å². The van der Waals surface area contributed by atoms with Crippen LogP contribution in [0.15, 0.2) is 59.5 Å². The maximum atomic E-state index is 12.1. The number of aromatic nitrogens is 5. The minimum absolute atomic E-state index is 0.274. The van der Waals surface area contributed by atoms with Crippen molar-refractivity contribution >= 4 is 33.7 Å². The number of hydrogen-bond acceptors (Lipinski definition) is 4. The lowest BCUT2D eigenvalue weighted by Crippen LogP contribution is -2.09. The van der Waals surface area contributed by atoms with E-state index >= 15 is 0 Å². The number of rotatable bonds is 2. The molecule has 0 aliphatic carbocycles. The van der Waals surface area contributed by atoms with Gasteiger partial charge in [0.1, 0.15) is 5.52 Å². The third-order valence-corrected chi connectivity index (χ3v) is 5.05. The zero-order chi connectivity index (χ0) is 20.7. The molecule has 3 aromatic heterocycles. The fraction of sp³-hybridized carbons (Fsp3) is 0.0435. The van der Waals surface area contributed by atoms with Crippen LogP contribution < -0.4 is 5.56 Å². The van der Waals surface area contributed by atoms with Gasteiger partial charge in [-0.3, -0.25) is 9.89 Å². The van der Waals surface area contributed by atoms with Crippen LogP contribution in [0.25, 0.3) is 44.6 Å². The molecule has 0 fully saturated rings. The summed E-state index contributed by atoms with van der Waals surface area (Å²) < 4.78 is 0. The number of H-pyrrole nitrogens is 2. The van der Waals surface area contributed by atoms with Crippen LogP contribution in [0.3, 0.4) is 0 Å². The van der Waals surface area contributed by atoms with Gasteiger partial charge in [-0.15, -0.1) is 5.92 Å². The molecule has 144 valence electrons. The Bertz CT molecular complexity index is 1540. The molecule has 0 amide bonds. The van der Waals surface area contributed by atoms with Gasteiger partial charge in [0, 0.05) is 22.6 Å². The normalized spacial score (nSPS) is 10.9. The first-order chi connectivity index (χ1) is 14.6. The molecule has 0 spiro atoms. The van der Waals surface area contributed by atoms with E-state index < -0.39 is 0 Å². The lowest BCUT2D eigenvalue weighted by Gasteiger charge is -2.12. The Morgan fingerprint density at radius 3 is 2.60 bits per heavy atom. The van der Waals surface area contributed by atoms with Crippen molar-refractivity contribution in [3.05, 3.63) is 75.7 Å². The van der Waals surface area contributed by atoms with Gasteiger partial charge in [-0.25, -0.2) is 9.97 Å². The largest absolute Gasteiger partial charge is 0.305 e. The summed E-state index contributed by atoms with van der Waals surface area (Å²) in [5, 5.41) is 8.38. The fourth-order valence-corrected chi connectivity index (χ4v) is 3.71. The lowest BCUT2D eigenvalue weighted by molar-refractivity contribution is 1.12. The number of fused-ring (bicyclic) bond motifs is 2. The minimum Gasteiger partial charge on any atom is -0.305 e. The predicted octanol–water partition coefficient (Wildman–Crippen LogP) is 4.55. The van der Waals surface area contributed by atoms with Gasteiger partial charge in [-0.2, -0.15) is 5.10 Å². The first kappa shape index (κ1) is 18.1. The smallest absolute Gasteiger partial charge is 0.250 e. The van der Waals surface area contributed by atoms with E-state index in [0.29, 0.717) is 33.1 Å². The highest BCUT2D eigenvalue weighted by Gasteiger charge is 2.17. The third-order valence-electron chi connectivity index (χ3n) is 4.75. The molecule has 5 aromatic rings. The summed E-state index contributed by atoms with van der Waals surface area (Å²) in [6.07, 6.45) is 1.72. The summed E-state index contributed by atoms with van der Waals surface area (Å²) in [7, 11) is 0. The van der Waals surface area contributed by atoms with E-state index in [0.717, 1.165) is 22.0 Å². The third kappa shape index (κ3) is 3.02. The highest BCUT2D eigenvalue weighted by molar-refractivity contribution is 6.35. The highest BCUT2D eigenvalue weighted by Crippen LogP contribution is 2.34. The molecule has 0 saturated heterocycles. The van der Waals surface area contributed by atoms with Crippen molar-refractivity contribution in [2.75, 3.05) is 0 Å². The molecule has 2 N–H and O–H groups in total. The Morgan fingerprint density at radius 1 is 1.00 bits per heavy atom. The van der Waals surface area contributed by atoms with Crippen LogP contribution in [0.5, 0.6) is 0 Å². The van der Waals surface area contributed by atoms with Crippen molar-refractivity contribution in [2.24, 2.45) is 0 Å². The molecule has 5 rings (SSSR count). The molecular weight excluding hydrogens is 398 g/mol. The monoisotopic (exact) mass is 411 g/mol. The Kier molecular flexibility index (Phi) is 4.31. The van der Waals surface area contributed by atoms with Gasteiger partial charge in [0.05, 0.1) is 33.7 Å². The van der Waals surface area contributed by atoms with Crippen LogP contribution in [0.2, 0.25) is 5.02 Å². The van der Waals surface area contributed by atoms with Gasteiger partial charge in [0.25, 0.3) is 5.56 Å². The van der Waals surface area contributed by atoms with Gasteiger partial charge >= 0.3 is 0 Å². The number of aromatic amines is 2. The molecule has 6 nitrogen and oxygen atoms in total. The molecule has 7 heteroatoms. The van der Waals surface area contributed by atoms with Crippen LogP contribution in [-0.2, 0) is 0 Å². The maximum absolute atomic E-state index is 12.1. The molecule has 0 radical (unpaired) electrons. The van der Waals surface area contributed by atoms with E-state index in [1.165, 1.54) is 6.07 Å². The summed E-state index contributed by atoms with van der Waals surface area (Å²) in [6, 6.07) is 14.9. The summed E-state index contributed by atoms with van der Waals surface area (Å²) in [6.45, 7) is 1.71. The number of nitrogens with zero attached hydrogens (tertiary/aromatic N) is 3. The second-order valence-electron chi connectivity index (χ2n) is 6.70. The minimum atomic E-state index is -0.274. The standard InChI is InChI=1S/C23H14ClN5O/c1-2-6-14-11-18(30)26-23-22(14)27-21(20(28-23)13-7-4-3-5-8-13)15-9-16-12-25-29-19(16)17(24)10-15/h3-5,7-12H,1H3,(H,25,29)(H,26,28,30). The highest BCUT2D eigenvalue weighted by atomic mass is 35.5. The van der Waals surface area contributed by atoms with E-state index in [1.807, 2.05) is 42.5 Å². The van der Waals surface area contributed by atoms with Crippen LogP contribution in [-0.4, -0.2) is 25.1 Å². The van der Waals surface area contributed by atoms with Gasteiger partial charge < -0.3 is 4.98 Å². The predicted molar refractivity (Wildman–Crippen MR) is 118 cm³/mol. The second kappa shape index (κ2) is 7.14. The fourth-order valence-electron chi connectivity index (χ4n) is 3.44. The zero-order valence-electron chi connectivity index (χ0n) is 15.8. The average molecular weight is 412 g/mol. The van der Waals surface area contributed by atoms with Crippen LogP contribution in [0.1, 0.15) is 12.5 Å². The molecule has 2 aromatic carbocycles. The van der Waals surface area contributed by atoms with Crippen LogP contribution >= 0.6 is 11.6 Å². The Hall–Kier alpha value is -3.95. The van der Waals surface area contributed by atoms with Crippen molar-refractivity contribution in [1.82, 2.24) is 25.1 Å². The van der Waals surface area contributed by atoms with Gasteiger partial charge in [0.15, 0.2) is 5.65 Å². The van der Waals surface area contributed by atoms with E-state index in [4.69, 9.17) is 21.6 Å². The van der Waals surface area contributed by atoms with Crippen molar-refractivity contribution in [2.45, 2.75) is 6.92 Å². The summed E-state index contributed by atoms with van der Waals surface area (Å²) >= 11 is 6.48. The zero-order valence-corrected chi connectivity index (χ0v) is 16.6. The number of pyridine rings is 1. The average Bonchev–Trinajstić information content (AvgIpc) is 3.23. The topological polar surface area (TPSA) is 87.3 Å². The van der Waals surface area contributed by atoms with E-state index in [2.05, 4.69) is 27.0 Å². The first-order valence-electron chi connectivity index (χ1n) is 9.20. The number of hydrogen-bond donors (Lipinski definition) is 2. The Balaban J connectivity index is 1.90. The van der Waals surface area contributed by atoms with Gasteiger partial charge in [-0.1, -0.05) is 47.9 Å². The van der Waals surface area contributed by atoms with E-state index in [9.17, 15) is 4.79 Å². The van der Waals surface area contributed by atoms with Crippen LogP contribution in [0.4, 0.5) is 0 Å². The van der Waals surface area contributed by atoms with E-state index in [-0.39, 0.29) is 5.56 Å². The molecule has 0 atom stereocenters. The van der Waals surface area contributed by atoms with Crippen molar-refractivity contribution in [3.8, 4) is 34.4 Å². The van der Waals surface area contributed by atoms with Crippen molar-refractivity contribution < 1.29 is 0 Å². The molecule has 0 bridgehead atoms. The number of benzene rings is 2. The summed E-state index contributed by atoms with van der Waals surface area (Å²) in [5.74, 6) is 5.79. The van der Waals surface area contributed by atoms with Gasteiger partial charge in [0.2, 0.25) is 0 Å². The van der Waals surface area contributed by atoms with Gasteiger partial charge in [-0.05, 0) is 19.1 Å². The SMILES string of the molecule is CC#Cc1cc(=O)[nH]c2nc(-c3ccccc3)c(-c3cc(Cl)c4[nH]ncc4c3)nc12. The molecule has 0 aliphatic heterocycles. The summed E-state index contributed by atoms with van der Waals surface area (Å²) in [5.41, 5.74) is 4.88. The molecule has 0 aliphatic rings. The Labute approximate surface area is 176 Å². The summed E-state index contributed by atoms with van der Waals surface area (Å²) in [4.78, 5) is 24.6. The van der Waals surface area contributed by atoms with Crippen LogP contribution in [0, 0.1) is 11.8 Å². The lowest BCUT2D eigenvalue weighted by atomic mass is 10.0. The quantitative estimate of drug-likeness (QED) is 0.417. The Morgan fingerprint density at radius 2 is 1.80 bits per heavy atom. The second-order valence-corrected chi connectivity index (χ2v) is 7.11.